The summed E-state index contributed by atoms with van der Waals surface area (Å²) in [5, 5.41) is 7.44. The molecule has 0 bridgehead atoms. The molecule has 1 aromatic heterocycles. The fraction of sp³-hybridized carbons (Fsp3) is 0.737. The highest BCUT2D eigenvalue weighted by atomic mass is 16.2. The van der Waals surface area contributed by atoms with Crippen molar-refractivity contribution in [1.29, 1.82) is 0 Å². The van der Waals surface area contributed by atoms with Gasteiger partial charge >= 0.3 is 0 Å². The van der Waals surface area contributed by atoms with Gasteiger partial charge in [-0.2, -0.15) is 5.10 Å². The normalized spacial score (nSPS) is 26.6. The van der Waals surface area contributed by atoms with Gasteiger partial charge in [0.25, 0.3) is 5.91 Å². The molecule has 2 fully saturated rings. The van der Waals surface area contributed by atoms with E-state index in [0.29, 0.717) is 30.6 Å². The Bertz CT molecular complexity index is 700. The van der Waals surface area contributed by atoms with Crippen LogP contribution in [0.4, 0.5) is 0 Å². The average molecular weight is 359 g/mol. The van der Waals surface area contributed by atoms with Crippen LogP contribution in [0.5, 0.6) is 0 Å². The zero-order valence-corrected chi connectivity index (χ0v) is 15.8. The average Bonchev–Trinajstić information content (AvgIpc) is 3.06. The number of piperidine rings is 2. The molecule has 26 heavy (non-hydrogen) atoms. The summed E-state index contributed by atoms with van der Waals surface area (Å²) >= 11 is 0. The molecule has 0 aliphatic carbocycles. The first-order chi connectivity index (χ1) is 12.6. The van der Waals surface area contributed by atoms with Crippen LogP contribution in [0.15, 0.2) is 0 Å². The molecule has 0 unspecified atom stereocenters. The fourth-order valence-electron chi connectivity index (χ4n) is 4.82. The van der Waals surface area contributed by atoms with Crippen LogP contribution in [0.1, 0.15) is 54.4 Å². The highest BCUT2D eigenvalue weighted by molar-refractivity contribution is 5.94. The molecule has 0 saturated carbocycles. The third kappa shape index (κ3) is 3.02. The second kappa shape index (κ2) is 7.02. The zero-order valence-electron chi connectivity index (χ0n) is 15.8. The Morgan fingerprint density at radius 2 is 2.12 bits per heavy atom. The van der Waals surface area contributed by atoms with Gasteiger partial charge in [0.1, 0.15) is 0 Å². The first-order valence-corrected chi connectivity index (χ1v) is 9.92. The Kier molecular flexibility index (Phi) is 4.73. The van der Waals surface area contributed by atoms with Crippen molar-refractivity contribution in [3.05, 3.63) is 17.0 Å². The number of amides is 2. The molecule has 3 aliphatic heterocycles. The topological polar surface area (TPSA) is 72.5 Å². The lowest BCUT2D eigenvalue weighted by Gasteiger charge is -2.47. The molecule has 0 spiro atoms. The summed E-state index contributed by atoms with van der Waals surface area (Å²) in [5.74, 6) is 0.738. The lowest BCUT2D eigenvalue weighted by molar-refractivity contribution is -0.140. The van der Waals surface area contributed by atoms with Gasteiger partial charge in [-0.25, -0.2) is 0 Å². The summed E-state index contributed by atoms with van der Waals surface area (Å²) in [5.41, 5.74) is 2.78. The van der Waals surface area contributed by atoms with Gasteiger partial charge in [0.2, 0.25) is 5.91 Å². The van der Waals surface area contributed by atoms with E-state index in [9.17, 15) is 9.59 Å². The monoisotopic (exact) mass is 359 g/mol. The first-order valence-electron chi connectivity index (χ1n) is 9.92. The minimum Gasteiger partial charge on any atom is -0.339 e. The van der Waals surface area contributed by atoms with Crippen LogP contribution in [0.25, 0.3) is 0 Å². The number of aromatic nitrogens is 2. The summed E-state index contributed by atoms with van der Waals surface area (Å²) < 4.78 is 0. The second-order valence-corrected chi connectivity index (χ2v) is 8.01. The van der Waals surface area contributed by atoms with Crippen LogP contribution in [0.3, 0.4) is 0 Å². The van der Waals surface area contributed by atoms with E-state index in [1.165, 1.54) is 0 Å². The maximum absolute atomic E-state index is 13.1. The molecule has 4 heterocycles. The van der Waals surface area contributed by atoms with Gasteiger partial charge in [0.15, 0.2) is 5.69 Å². The molecule has 7 nitrogen and oxygen atoms in total. The van der Waals surface area contributed by atoms with Gasteiger partial charge < -0.3 is 14.7 Å². The van der Waals surface area contributed by atoms with Gasteiger partial charge in [-0.1, -0.05) is 6.92 Å². The Labute approximate surface area is 154 Å². The number of carbonyl (C=O) groups is 2. The van der Waals surface area contributed by atoms with Gasteiger partial charge in [-0.15, -0.1) is 0 Å². The van der Waals surface area contributed by atoms with E-state index < -0.39 is 0 Å². The predicted octanol–water partition coefficient (Wildman–Crippen LogP) is 1.26. The van der Waals surface area contributed by atoms with Crippen LogP contribution in [0.2, 0.25) is 0 Å². The number of nitrogens with one attached hydrogen (secondary N) is 1. The zero-order chi connectivity index (χ0) is 18.3. The Balaban J connectivity index is 1.48. The maximum atomic E-state index is 13.1. The Morgan fingerprint density at radius 1 is 1.27 bits per heavy atom. The third-order valence-electron chi connectivity index (χ3n) is 6.22. The quantitative estimate of drug-likeness (QED) is 0.882. The second-order valence-electron chi connectivity index (χ2n) is 8.01. The van der Waals surface area contributed by atoms with Crippen LogP contribution in [-0.4, -0.2) is 76.0 Å². The SMILES string of the molecule is CCCN1C(=O)CC[C@H]2CN(C(=O)c3n[nH]c4c3CN(C)CC4)CC[C@H]21. The Hall–Kier alpha value is -1.89. The lowest BCUT2D eigenvalue weighted by atomic mass is 9.83. The number of H-pyrrole nitrogens is 1. The molecule has 2 saturated heterocycles. The molecule has 1 N–H and O–H groups in total. The van der Waals surface area contributed by atoms with Crippen LogP contribution < -0.4 is 0 Å². The number of hydrogen-bond acceptors (Lipinski definition) is 4. The van der Waals surface area contributed by atoms with Crippen molar-refractivity contribution in [2.24, 2.45) is 5.92 Å². The van der Waals surface area contributed by atoms with E-state index in [1.54, 1.807) is 0 Å². The highest BCUT2D eigenvalue weighted by Crippen LogP contribution is 2.32. The van der Waals surface area contributed by atoms with Crippen LogP contribution >= 0.6 is 0 Å². The Morgan fingerprint density at radius 3 is 2.92 bits per heavy atom. The van der Waals surface area contributed by atoms with Crippen LogP contribution in [-0.2, 0) is 17.8 Å². The van der Waals surface area contributed by atoms with E-state index in [1.807, 2.05) is 4.90 Å². The van der Waals surface area contributed by atoms with E-state index in [-0.39, 0.29) is 11.8 Å². The number of carbonyl (C=O) groups excluding carboxylic acids is 2. The smallest absolute Gasteiger partial charge is 0.274 e. The van der Waals surface area contributed by atoms with E-state index in [4.69, 9.17) is 0 Å². The molecule has 1 aromatic rings. The number of hydrogen-bond donors (Lipinski definition) is 1. The number of nitrogens with zero attached hydrogens (tertiary/aromatic N) is 4. The van der Waals surface area contributed by atoms with Gasteiger partial charge in [0, 0.05) is 62.9 Å². The molecule has 4 rings (SSSR count). The summed E-state index contributed by atoms with van der Waals surface area (Å²) in [6, 6.07) is 0.305. The number of fused-ring (bicyclic) bond motifs is 2. The first kappa shape index (κ1) is 17.5. The molecule has 0 aromatic carbocycles. The summed E-state index contributed by atoms with van der Waals surface area (Å²) in [4.78, 5) is 31.7. The molecule has 0 radical (unpaired) electrons. The third-order valence-corrected chi connectivity index (χ3v) is 6.22. The molecule has 7 heteroatoms. The standard InChI is InChI=1S/C19H29N5O2/c1-3-8-24-16-7-10-23(11-13(16)4-5-17(24)25)19(26)18-14-12-22(2)9-6-15(14)20-21-18/h13,16H,3-12H2,1-2H3,(H,20,21)/t13-,16+/m0/s1. The lowest BCUT2D eigenvalue weighted by Crippen LogP contribution is -2.57. The van der Waals surface area contributed by atoms with Crippen LogP contribution in [0, 0.1) is 5.92 Å². The maximum Gasteiger partial charge on any atom is 0.274 e. The molecule has 142 valence electrons. The van der Waals surface area contributed by atoms with Crippen molar-refractivity contribution >= 4 is 11.8 Å². The highest BCUT2D eigenvalue weighted by Gasteiger charge is 2.40. The number of rotatable bonds is 3. The van der Waals surface area contributed by atoms with Crippen molar-refractivity contribution in [3.8, 4) is 0 Å². The molecule has 2 amide bonds. The summed E-state index contributed by atoms with van der Waals surface area (Å²) in [7, 11) is 2.08. The van der Waals surface area contributed by atoms with Crippen molar-refractivity contribution < 1.29 is 9.59 Å². The number of likely N-dealkylation sites (N-methyl/N-ethyl adjacent to an activating group) is 1. The minimum absolute atomic E-state index is 0.0511. The van der Waals surface area contributed by atoms with Crippen molar-refractivity contribution in [2.45, 2.75) is 51.6 Å². The van der Waals surface area contributed by atoms with Crippen molar-refractivity contribution in [2.75, 3.05) is 33.2 Å². The van der Waals surface area contributed by atoms with E-state index >= 15 is 0 Å². The molecule has 3 aliphatic rings. The van der Waals surface area contributed by atoms with Crippen molar-refractivity contribution in [3.63, 3.8) is 0 Å². The van der Waals surface area contributed by atoms with Gasteiger partial charge in [0.05, 0.1) is 0 Å². The molecular formula is C19H29N5O2. The van der Waals surface area contributed by atoms with Gasteiger partial charge in [-0.05, 0) is 32.2 Å². The number of aromatic amines is 1. The molecular weight excluding hydrogens is 330 g/mol. The minimum atomic E-state index is 0.0511. The largest absolute Gasteiger partial charge is 0.339 e. The predicted molar refractivity (Wildman–Crippen MR) is 97.7 cm³/mol. The van der Waals surface area contributed by atoms with Crippen molar-refractivity contribution in [1.82, 2.24) is 24.9 Å². The fourth-order valence-corrected chi connectivity index (χ4v) is 4.82. The van der Waals surface area contributed by atoms with E-state index in [2.05, 4.69) is 34.0 Å². The number of likely N-dealkylation sites (tertiary alicyclic amines) is 2. The molecule has 2 atom stereocenters. The van der Waals surface area contributed by atoms with E-state index in [0.717, 1.165) is 63.1 Å². The van der Waals surface area contributed by atoms with Gasteiger partial charge in [-0.3, -0.25) is 14.7 Å². The summed E-state index contributed by atoms with van der Waals surface area (Å²) in [6.07, 6.45) is 4.31. The summed E-state index contributed by atoms with van der Waals surface area (Å²) in [6.45, 7) is 6.20.